The Hall–Kier alpha value is -1.83. The molecule has 0 saturated heterocycles. The van der Waals surface area contributed by atoms with Gasteiger partial charge in [-0.15, -0.1) is 0 Å². The van der Waals surface area contributed by atoms with Gasteiger partial charge in [-0.3, -0.25) is 9.59 Å². The summed E-state index contributed by atoms with van der Waals surface area (Å²) >= 11 is 0. The Morgan fingerprint density at radius 2 is 1.03 bits per heavy atom. The zero-order valence-corrected chi connectivity index (χ0v) is 15.4. The molecule has 0 radical (unpaired) electrons. The second kappa shape index (κ2) is 7.11. The number of hydrogen-bond acceptors (Lipinski definition) is 4. The average molecular weight is 468 g/mol. The molecule has 0 bridgehead atoms. The van der Waals surface area contributed by atoms with E-state index in [0.29, 0.717) is 0 Å². The Morgan fingerprint density at radius 1 is 0.667 bits per heavy atom. The third kappa shape index (κ3) is 3.37. The van der Waals surface area contributed by atoms with Crippen LogP contribution in [0.15, 0.2) is 0 Å². The van der Waals surface area contributed by atoms with E-state index in [0.717, 1.165) is 0 Å². The standard InChI is InChI=1S/C15H15F11O4/c1-9(2,3)8(28)29-5-4-7(27)30-6-10(16)11(17,18)13(21,22)15(25,26)14(23,24)12(10,19)20/h4-6H2,1-3H3. The van der Waals surface area contributed by atoms with Crippen LogP contribution in [0, 0.1) is 5.41 Å². The normalized spacial score (nSPS) is 25.3. The largest absolute Gasteiger partial charge is 0.465 e. The molecule has 0 unspecified atom stereocenters. The van der Waals surface area contributed by atoms with E-state index in [4.69, 9.17) is 0 Å². The molecule has 0 aromatic rings. The van der Waals surface area contributed by atoms with Gasteiger partial charge < -0.3 is 9.47 Å². The summed E-state index contributed by atoms with van der Waals surface area (Å²) in [6.07, 6.45) is -1.10. The molecule has 1 fully saturated rings. The van der Waals surface area contributed by atoms with Gasteiger partial charge in [-0.25, -0.2) is 4.39 Å². The molecule has 1 rings (SSSR count). The van der Waals surface area contributed by atoms with E-state index in [1.165, 1.54) is 20.8 Å². The van der Waals surface area contributed by atoms with Crippen molar-refractivity contribution in [2.45, 2.75) is 62.5 Å². The Morgan fingerprint density at radius 3 is 1.40 bits per heavy atom. The highest BCUT2D eigenvalue weighted by atomic mass is 19.4. The maximum Gasteiger partial charge on any atom is 0.384 e. The molecule has 4 nitrogen and oxygen atoms in total. The summed E-state index contributed by atoms with van der Waals surface area (Å²) in [7, 11) is 0. The van der Waals surface area contributed by atoms with E-state index >= 15 is 0 Å². The lowest BCUT2D eigenvalue weighted by molar-refractivity contribution is -0.487. The van der Waals surface area contributed by atoms with E-state index in [-0.39, 0.29) is 0 Å². The van der Waals surface area contributed by atoms with Crippen molar-refractivity contribution in [3.8, 4) is 0 Å². The molecule has 0 atom stereocenters. The maximum absolute atomic E-state index is 14.3. The molecule has 0 aromatic heterocycles. The lowest BCUT2D eigenvalue weighted by Crippen LogP contribution is -2.84. The number of esters is 2. The first kappa shape index (κ1) is 26.2. The van der Waals surface area contributed by atoms with Gasteiger partial charge in [0, 0.05) is 0 Å². The molecule has 1 aliphatic carbocycles. The Kier molecular flexibility index (Phi) is 6.21. The van der Waals surface area contributed by atoms with Crippen LogP contribution in [0.2, 0.25) is 0 Å². The van der Waals surface area contributed by atoms with Crippen LogP contribution in [0.3, 0.4) is 0 Å². The summed E-state index contributed by atoms with van der Waals surface area (Å²) in [5, 5.41) is 0. The molecular formula is C15H15F11O4. The molecule has 0 N–H and O–H groups in total. The SMILES string of the molecule is CC(C)(C)C(=O)OCCC(=O)OCC1(F)C(F)(F)C(F)(F)C(F)(F)C(F)(F)C1(F)F. The van der Waals surface area contributed by atoms with Gasteiger partial charge in [0.15, 0.2) is 0 Å². The Labute approximate surface area is 161 Å². The van der Waals surface area contributed by atoms with Gasteiger partial charge in [0.05, 0.1) is 11.8 Å². The van der Waals surface area contributed by atoms with Crippen molar-refractivity contribution in [2.24, 2.45) is 5.41 Å². The number of halogens is 11. The zero-order chi connectivity index (χ0) is 24.2. The first-order valence-electron chi connectivity index (χ1n) is 7.93. The van der Waals surface area contributed by atoms with Gasteiger partial charge in [0.1, 0.15) is 13.2 Å². The average Bonchev–Trinajstić information content (AvgIpc) is 2.56. The fraction of sp³-hybridized carbons (Fsp3) is 0.867. The van der Waals surface area contributed by atoms with Crippen molar-refractivity contribution in [1.82, 2.24) is 0 Å². The van der Waals surface area contributed by atoms with Gasteiger partial charge in [0.25, 0.3) is 5.67 Å². The first-order valence-corrected chi connectivity index (χ1v) is 7.93. The Balaban J connectivity index is 3.06. The van der Waals surface area contributed by atoms with Crippen molar-refractivity contribution >= 4 is 11.9 Å². The van der Waals surface area contributed by atoms with E-state index in [2.05, 4.69) is 9.47 Å². The highest BCUT2D eigenvalue weighted by Crippen LogP contribution is 2.69. The van der Waals surface area contributed by atoms with Crippen LogP contribution < -0.4 is 0 Å². The van der Waals surface area contributed by atoms with Gasteiger partial charge in [-0.05, 0) is 20.8 Å². The van der Waals surface area contributed by atoms with Crippen molar-refractivity contribution in [3.05, 3.63) is 0 Å². The molecule has 176 valence electrons. The fourth-order valence-electron chi connectivity index (χ4n) is 2.16. The minimum absolute atomic E-state index is 0.856. The summed E-state index contributed by atoms with van der Waals surface area (Å²) in [6.45, 7) is 0.170. The van der Waals surface area contributed by atoms with Gasteiger partial charge in [0.2, 0.25) is 0 Å². The van der Waals surface area contributed by atoms with Crippen LogP contribution in [0.4, 0.5) is 48.3 Å². The molecule has 0 spiro atoms. The molecule has 0 heterocycles. The van der Waals surface area contributed by atoms with Gasteiger partial charge >= 0.3 is 41.6 Å². The van der Waals surface area contributed by atoms with Crippen molar-refractivity contribution < 1.29 is 67.4 Å². The number of hydrogen-bond donors (Lipinski definition) is 0. The number of carbonyl (C=O) groups excluding carboxylic acids is 2. The van der Waals surface area contributed by atoms with Crippen molar-refractivity contribution in [1.29, 1.82) is 0 Å². The molecule has 1 saturated carbocycles. The van der Waals surface area contributed by atoms with E-state index in [1.807, 2.05) is 0 Å². The van der Waals surface area contributed by atoms with Crippen LogP contribution >= 0.6 is 0 Å². The summed E-state index contributed by atoms with van der Waals surface area (Å²) in [4.78, 5) is 22.7. The third-order valence-electron chi connectivity index (χ3n) is 4.16. The minimum Gasteiger partial charge on any atom is -0.465 e. The highest BCUT2D eigenvalue weighted by Gasteiger charge is 3.01. The minimum atomic E-state index is -7.34. The van der Waals surface area contributed by atoms with E-state index in [9.17, 15) is 57.9 Å². The summed E-state index contributed by atoms with van der Waals surface area (Å²) in [6, 6.07) is 0. The van der Waals surface area contributed by atoms with Gasteiger partial charge in [-0.2, -0.15) is 43.9 Å². The predicted molar refractivity (Wildman–Crippen MR) is 74.6 cm³/mol. The van der Waals surface area contributed by atoms with Crippen LogP contribution in [-0.2, 0) is 19.1 Å². The quantitative estimate of drug-likeness (QED) is 0.443. The molecule has 0 aliphatic heterocycles. The van der Waals surface area contributed by atoms with Crippen molar-refractivity contribution in [2.75, 3.05) is 13.2 Å². The topological polar surface area (TPSA) is 52.6 Å². The van der Waals surface area contributed by atoms with Crippen LogP contribution in [0.5, 0.6) is 0 Å². The molecule has 0 aromatic carbocycles. The lowest BCUT2D eigenvalue weighted by atomic mass is 9.72. The summed E-state index contributed by atoms with van der Waals surface area (Å²) in [5.74, 6) is -38.8. The summed E-state index contributed by atoms with van der Waals surface area (Å²) < 4.78 is 156. The molecular weight excluding hydrogens is 453 g/mol. The van der Waals surface area contributed by atoms with E-state index < -0.39 is 72.3 Å². The molecule has 1 aliphatic rings. The second-order valence-corrected chi connectivity index (χ2v) is 7.47. The smallest absolute Gasteiger partial charge is 0.384 e. The maximum atomic E-state index is 14.3. The zero-order valence-electron chi connectivity index (χ0n) is 15.4. The predicted octanol–water partition coefficient (Wildman–Crippen LogP) is 4.41. The summed E-state index contributed by atoms with van der Waals surface area (Å²) in [5.41, 5.74) is -7.46. The van der Waals surface area contributed by atoms with Crippen LogP contribution in [-0.4, -0.2) is 60.4 Å². The van der Waals surface area contributed by atoms with E-state index in [1.54, 1.807) is 0 Å². The van der Waals surface area contributed by atoms with Gasteiger partial charge in [-0.1, -0.05) is 0 Å². The molecule has 15 heteroatoms. The highest BCUT2D eigenvalue weighted by molar-refractivity contribution is 5.76. The molecule has 0 amide bonds. The molecule has 30 heavy (non-hydrogen) atoms. The monoisotopic (exact) mass is 468 g/mol. The number of ether oxygens (including phenoxy) is 2. The lowest BCUT2D eigenvalue weighted by Gasteiger charge is -2.52. The number of carbonyl (C=O) groups is 2. The van der Waals surface area contributed by atoms with Crippen LogP contribution in [0.1, 0.15) is 27.2 Å². The first-order chi connectivity index (χ1) is 13.0. The third-order valence-corrected chi connectivity index (χ3v) is 4.16. The number of alkyl halides is 11. The fourth-order valence-corrected chi connectivity index (χ4v) is 2.16. The van der Waals surface area contributed by atoms with Crippen molar-refractivity contribution in [3.63, 3.8) is 0 Å². The number of rotatable bonds is 5. The second-order valence-electron chi connectivity index (χ2n) is 7.47. The van der Waals surface area contributed by atoms with Crippen LogP contribution in [0.25, 0.3) is 0 Å². The Bertz CT molecular complexity index is 667.